The number of rotatable bonds is 1. The lowest BCUT2D eigenvalue weighted by Crippen LogP contribution is -1.86. The summed E-state index contributed by atoms with van der Waals surface area (Å²) in [7, 11) is 1.72. The molecule has 86 valence electrons. The monoisotopic (exact) mass is 224 g/mol. The smallest absolute Gasteiger partial charge is 0.119 e. The van der Waals surface area contributed by atoms with Crippen LogP contribution in [0.15, 0.2) is 30.3 Å². The van der Waals surface area contributed by atoms with Crippen molar-refractivity contribution in [2.45, 2.75) is 20.3 Å². The van der Waals surface area contributed by atoms with Crippen LogP contribution in [0, 0.1) is 13.8 Å². The maximum Gasteiger partial charge on any atom is 0.119 e. The number of benzene rings is 2. The van der Waals surface area contributed by atoms with E-state index in [-0.39, 0.29) is 0 Å². The van der Waals surface area contributed by atoms with Crippen LogP contribution in [0.3, 0.4) is 0 Å². The van der Waals surface area contributed by atoms with Crippen molar-refractivity contribution in [1.29, 1.82) is 0 Å². The van der Waals surface area contributed by atoms with E-state index >= 15 is 0 Å². The highest BCUT2D eigenvalue weighted by Crippen LogP contribution is 2.40. The minimum absolute atomic E-state index is 0.950. The third-order valence-electron chi connectivity index (χ3n) is 3.52. The summed E-state index contributed by atoms with van der Waals surface area (Å²) in [6.07, 6.45) is 1.03. The summed E-state index contributed by atoms with van der Waals surface area (Å²) in [6.45, 7) is 4.36. The van der Waals surface area contributed by atoms with Crippen molar-refractivity contribution in [3.05, 3.63) is 52.6 Å². The summed E-state index contributed by atoms with van der Waals surface area (Å²) in [5.41, 5.74) is 8.36. The van der Waals surface area contributed by atoms with Crippen molar-refractivity contribution in [2.24, 2.45) is 0 Å². The lowest BCUT2D eigenvalue weighted by Gasteiger charge is -2.07. The zero-order valence-electron chi connectivity index (χ0n) is 10.5. The van der Waals surface area contributed by atoms with Crippen LogP contribution < -0.4 is 4.74 Å². The number of hydrogen-bond acceptors (Lipinski definition) is 1. The third kappa shape index (κ3) is 1.54. The van der Waals surface area contributed by atoms with Gasteiger partial charge in [0.05, 0.1) is 7.11 Å². The summed E-state index contributed by atoms with van der Waals surface area (Å²) < 4.78 is 5.29. The molecule has 0 N–H and O–H groups in total. The van der Waals surface area contributed by atoms with E-state index in [4.69, 9.17) is 4.74 Å². The lowest BCUT2D eigenvalue weighted by atomic mass is 9.98. The average Bonchev–Trinajstić information content (AvgIpc) is 2.65. The summed E-state index contributed by atoms with van der Waals surface area (Å²) in [5, 5.41) is 0. The molecule has 0 heterocycles. The Hall–Kier alpha value is -1.76. The number of methoxy groups -OCH3 is 1. The zero-order valence-corrected chi connectivity index (χ0v) is 10.5. The fourth-order valence-electron chi connectivity index (χ4n) is 2.87. The molecule has 0 atom stereocenters. The molecule has 0 unspecified atom stereocenters. The minimum Gasteiger partial charge on any atom is -0.497 e. The van der Waals surface area contributed by atoms with Crippen LogP contribution in [0.4, 0.5) is 0 Å². The van der Waals surface area contributed by atoms with Crippen molar-refractivity contribution in [3.8, 4) is 16.9 Å². The molecule has 17 heavy (non-hydrogen) atoms. The predicted molar refractivity (Wildman–Crippen MR) is 70.7 cm³/mol. The van der Waals surface area contributed by atoms with E-state index < -0.39 is 0 Å². The molecule has 0 fully saturated rings. The molecule has 1 aliphatic carbocycles. The number of fused-ring (bicyclic) bond motifs is 3. The molecule has 3 rings (SSSR count). The van der Waals surface area contributed by atoms with Crippen LogP contribution in [0.2, 0.25) is 0 Å². The molecule has 0 saturated heterocycles. The Morgan fingerprint density at radius 3 is 2.59 bits per heavy atom. The van der Waals surface area contributed by atoms with E-state index in [2.05, 4.69) is 38.1 Å². The largest absolute Gasteiger partial charge is 0.497 e. The van der Waals surface area contributed by atoms with Crippen LogP contribution in [-0.4, -0.2) is 7.11 Å². The highest BCUT2D eigenvalue weighted by atomic mass is 16.5. The Morgan fingerprint density at radius 1 is 1.00 bits per heavy atom. The Kier molecular flexibility index (Phi) is 2.22. The van der Waals surface area contributed by atoms with Gasteiger partial charge in [-0.1, -0.05) is 23.8 Å². The van der Waals surface area contributed by atoms with E-state index in [1.807, 2.05) is 6.07 Å². The average molecular weight is 224 g/mol. The van der Waals surface area contributed by atoms with Gasteiger partial charge in [0.1, 0.15) is 5.75 Å². The molecule has 0 radical (unpaired) electrons. The van der Waals surface area contributed by atoms with E-state index in [0.29, 0.717) is 0 Å². The molecule has 0 amide bonds. The Balaban J connectivity index is 2.22. The van der Waals surface area contributed by atoms with Crippen LogP contribution in [0.5, 0.6) is 5.75 Å². The molecule has 0 saturated carbocycles. The van der Waals surface area contributed by atoms with Gasteiger partial charge < -0.3 is 4.74 Å². The highest BCUT2D eigenvalue weighted by molar-refractivity contribution is 5.80. The van der Waals surface area contributed by atoms with Crippen molar-refractivity contribution < 1.29 is 4.74 Å². The SMILES string of the molecule is COc1ccc2c(c1)Cc1cc(C)cc(C)c1-2. The molecule has 2 aromatic carbocycles. The first kappa shape index (κ1) is 10.4. The van der Waals surface area contributed by atoms with Gasteiger partial charge in [0.2, 0.25) is 0 Å². The fraction of sp³-hybridized carbons (Fsp3) is 0.250. The van der Waals surface area contributed by atoms with Gasteiger partial charge in [-0.15, -0.1) is 0 Å². The first-order valence-electron chi connectivity index (χ1n) is 5.96. The molecule has 0 bridgehead atoms. The Labute approximate surface area is 102 Å². The Bertz CT molecular complexity index is 597. The molecule has 1 aliphatic rings. The minimum atomic E-state index is 0.950. The second kappa shape index (κ2) is 3.63. The van der Waals surface area contributed by atoms with Gasteiger partial charge in [-0.05, 0) is 60.2 Å². The van der Waals surface area contributed by atoms with Gasteiger partial charge in [-0.2, -0.15) is 0 Å². The summed E-state index contributed by atoms with van der Waals surface area (Å²) in [5.74, 6) is 0.950. The van der Waals surface area contributed by atoms with Crippen molar-refractivity contribution in [1.82, 2.24) is 0 Å². The molecular weight excluding hydrogens is 208 g/mol. The topological polar surface area (TPSA) is 9.23 Å². The molecule has 0 aromatic heterocycles. The van der Waals surface area contributed by atoms with E-state index in [1.54, 1.807) is 7.11 Å². The highest BCUT2D eigenvalue weighted by Gasteiger charge is 2.20. The van der Waals surface area contributed by atoms with E-state index in [0.717, 1.165) is 12.2 Å². The maximum absolute atomic E-state index is 5.29. The molecule has 0 aliphatic heterocycles. The summed E-state index contributed by atoms with van der Waals surface area (Å²) >= 11 is 0. The first-order chi connectivity index (χ1) is 8.19. The van der Waals surface area contributed by atoms with Crippen molar-refractivity contribution >= 4 is 0 Å². The molecular formula is C16H16O. The second-order valence-corrected chi connectivity index (χ2v) is 4.82. The van der Waals surface area contributed by atoms with Crippen LogP contribution in [0.25, 0.3) is 11.1 Å². The van der Waals surface area contributed by atoms with Gasteiger partial charge in [0.25, 0.3) is 0 Å². The number of ether oxygens (including phenoxy) is 1. The quantitative estimate of drug-likeness (QED) is 0.609. The van der Waals surface area contributed by atoms with Gasteiger partial charge in [0, 0.05) is 0 Å². The van der Waals surface area contributed by atoms with Crippen LogP contribution in [-0.2, 0) is 6.42 Å². The van der Waals surface area contributed by atoms with Crippen LogP contribution in [0.1, 0.15) is 22.3 Å². The standard InChI is InChI=1S/C16H16O/c1-10-6-11(2)16-13(7-10)8-12-9-14(17-3)4-5-15(12)16/h4-7,9H,8H2,1-3H3. The number of hydrogen-bond donors (Lipinski definition) is 0. The van der Waals surface area contributed by atoms with Gasteiger partial charge in [0.15, 0.2) is 0 Å². The summed E-state index contributed by atoms with van der Waals surface area (Å²) in [6, 6.07) is 11.0. The predicted octanol–water partition coefficient (Wildman–Crippen LogP) is 3.88. The normalized spacial score (nSPS) is 12.2. The van der Waals surface area contributed by atoms with E-state index in [9.17, 15) is 0 Å². The number of aryl methyl sites for hydroxylation is 2. The molecule has 0 spiro atoms. The first-order valence-corrected chi connectivity index (χ1v) is 5.96. The van der Waals surface area contributed by atoms with E-state index in [1.165, 1.54) is 33.4 Å². The zero-order chi connectivity index (χ0) is 12.0. The Morgan fingerprint density at radius 2 is 1.82 bits per heavy atom. The molecule has 1 heteroatoms. The van der Waals surface area contributed by atoms with Gasteiger partial charge >= 0.3 is 0 Å². The van der Waals surface area contributed by atoms with Gasteiger partial charge in [-0.25, -0.2) is 0 Å². The van der Waals surface area contributed by atoms with Crippen molar-refractivity contribution in [3.63, 3.8) is 0 Å². The van der Waals surface area contributed by atoms with Crippen molar-refractivity contribution in [2.75, 3.05) is 7.11 Å². The fourth-order valence-corrected chi connectivity index (χ4v) is 2.87. The molecule has 2 aromatic rings. The molecule has 1 nitrogen and oxygen atoms in total. The second-order valence-electron chi connectivity index (χ2n) is 4.82. The maximum atomic E-state index is 5.29. The van der Waals surface area contributed by atoms with Gasteiger partial charge in [-0.3, -0.25) is 0 Å². The lowest BCUT2D eigenvalue weighted by molar-refractivity contribution is 0.414. The third-order valence-corrected chi connectivity index (χ3v) is 3.52. The van der Waals surface area contributed by atoms with Crippen LogP contribution >= 0.6 is 0 Å². The summed E-state index contributed by atoms with van der Waals surface area (Å²) in [4.78, 5) is 0.